The molecule has 0 aromatic heterocycles. The minimum absolute atomic E-state index is 0.868. The van der Waals surface area contributed by atoms with Crippen molar-refractivity contribution in [3.63, 3.8) is 0 Å². The standard InChI is InChI=1S/C7H14O.Cr/c1-3-5-6-7-8-4-2;/h3,5-7H2,1-2H3;. The van der Waals surface area contributed by atoms with Crippen LogP contribution in [0, 0.1) is 0 Å². The summed E-state index contributed by atoms with van der Waals surface area (Å²) in [6.45, 7) is 4.99. The molecule has 9 heavy (non-hydrogen) atoms. The van der Waals surface area contributed by atoms with E-state index in [0.29, 0.717) is 0 Å². The van der Waals surface area contributed by atoms with Gasteiger partial charge in [-0.05, 0) is 0 Å². The molecule has 0 heterocycles. The SMILES string of the molecule is CCCCCO[C](C)=[Cr]. The third kappa shape index (κ3) is 8.36. The summed E-state index contributed by atoms with van der Waals surface area (Å²) in [5.74, 6) is 0. The van der Waals surface area contributed by atoms with E-state index in [-0.39, 0.29) is 0 Å². The Morgan fingerprint density at radius 3 is 2.56 bits per heavy atom. The summed E-state index contributed by atoms with van der Waals surface area (Å²) >= 11 is 2.81. The molecule has 0 aliphatic heterocycles. The van der Waals surface area contributed by atoms with Crippen molar-refractivity contribution >= 4 is 4.57 Å². The maximum absolute atomic E-state index is 5.20. The van der Waals surface area contributed by atoms with E-state index in [4.69, 9.17) is 4.74 Å². The molecule has 0 aromatic carbocycles. The van der Waals surface area contributed by atoms with Crippen LogP contribution in [0.25, 0.3) is 0 Å². The maximum atomic E-state index is 5.20. The summed E-state index contributed by atoms with van der Waals surface area (Å²) in [6, 6.07) is 0. The first kappa shape index (κ1) is 9.36. The number of rotatable bonds is 5. The van der Waals surface area contributed by atoms with Crippen molar-refractivity contribution < 1.29 is 20.6 Å². The molecule has 1 nitrogen and oxygen atoms in total. The summed E-state index contributed by atoms with van der Waals surface area (Å²) in [6.07, 6.45) is 3.71. The first-order valence-electron chi connectivity index (χ1n) is 3.40. The topological polar surface area (TPSA) is 9.23 Å². The fourth-order valence-corrected chi connectivity index (χ4v) is 0.698. The molecule has 0 aromatic rings. The molecule has 0 fully saturated rings. The Balaban J connectivity index is 2.83. The van der Waals surface area contributed by atoms with Gasteiger partial charge >= 0.3 is 64.9 Å². The minimum atomic E-state index is 0.868. The summed E-state index contributed by atoms with van der Waals surface area (Å²) in [7, 11) is 0. The van der Waals surface area contributed by atoms with E-state index in [1.54, 1.807) is 0 Å². The molecule has 0 bridgehead atoms. The molecular weight excluding hydrogens is 152 g/mol. The van der Waals surface area contributed by atoms with Gasteiger partial charge in [-0.25, -0.2) is 0 Å². The van der Waals surface area contributed by atoms with Crippen LogP contribution in [-0.2, 0) is 20.6 Å². The molecule has 54 valence electrons. The van der Waals surface area contributed by atoms with Gasteiger partial charge in [-0.3, -0.25) is 0 Å². The second kappa shape index (κ2) is 6.48. The summed E-state index contributed by atoms with van der Waals surface area (Å²) in [4.78, 5) is 0. The molecule has 0 saturated carbocycles. The van der Waals surface area contributed by atoms with Crippen molar-refractivity contribution in [3.05, 3.63) is 0 Å². The van der Waals surface area contributed by atoms with Crippen LogP contribution >= 0.6 is 0 Å². The number of hydrogen-bond acceptors (Lipinski definition) is 1. The van der Waals surface area contributed by atoms with E-state index >= 15 is 0 Å². The average molecular weight is 166 g/mol. The van der Waals surface area contributed by atoms with E-state index in [1.165, 1.54) is 19.3 Å². The van der Waals surface area contributed by atoms with Crippen LogP contribution in [0.15, 0.2) is 0 Å². The quantitative estimate of drug-likeness (QED) is 0.567. The molecule has 0 saturated heterocycles. The first-order chi connectivity index (χ1) is 4.27. The molecule has 0 aliphatic rings. The van der Waals surface area contributed by atoms with E-state index in [1.807, 2.05) is 6.92 Å². The average Bonchev–Trinajstić information content (AvgIpc) is 1.80. The monoisotopic (exact) mass is 166 g/mol. The Kier molecular flexibility index (Phi) is 6.74. The first-order valence-corrected chi connectivity index (χ1v) is 4.04. The van der Waals surface area contributed by atoms with Gasteiger partial charge in [0.05, 0.1) is 0 Å². The van der Waals surface area contributed by atoms with Crippen molar-refractivity contribution in [2.45, 2.75) is 33.1 Å². The van der Waals surface area contributed by atoms with E-state index in [9.17, 15) is 0 Å². The van der Waals surface area contributed by atoms with Crippen LogP contribution < -0.4 is 0 Å². The Morgan fingerprint density at radius 1 is 1.44 bits per heavy atom. The molecule has 0 spiro atoms. The zero-order chi connectivity index (χ0) is 7.11. The Bertz CT molecular complexity index is 81.0. The Morgan fingerprint density at radius 2 is 2.11 bits per heavy atom. The van der Waals surface area contributed by atoms with E-state index < -0.39 is 0 Å². The Labute approximate surface area is 65.4 Å². The molecule has 0 atom stereocenters. The third-order valence-electron chi connectivity index (χ3n) is 1.05. The van der Waals surface area contributed by atoms with Crippen LogP contribution in [0.3, 0.4) is 0 Å². The zero-order valence-electron chi connectivity index (χ0n) is 6.14. The van der Waals surface area contributed by atoms with E-state index in [2.05, 4.69) is 22.8 Å². The fraction of sp³-hybridized carbons (Fsp3) is 0.857. The predicted molar refractivity (Wildman–Crippen MR) is 36.2 cm³/mol. The summed E-state index contributed by atoms with van der Waals surface area (Å²) in [5.41, 5.74) is 0. The Hall–Kier alpha value is 0.362. The molecule has 0 aliphatic carbocycles. The second-order valence-corrected chi connectivity index (χ2v) is 2.94. The number of hydrogen-bond donors (Lipinski definition) is 0. The molecule has 2 heteroatoms. The normalized spacial score (nSPS) is 9.56. The van der Waals surface area contributed by atoms with Crippen molar-refractivity contribution in [1.82, 2.24) is 0 Å². The van der Waals surface area contributed by atoms with Crippen molar-refractivity contribution in [3.8, 4) is 0 Å². The predicted octanol–water partition coefficient (Wildman–Crippen LogP) is 1.89. The van der Waals surface area contributed by atoms with Crippen LogP contribution in [0.1, 0.15) is 33.1 Å². The van der Waals surface area contributed by atoms with Crippen molar-refractivity contribution in [2.75, 3.05) is 6.61 Å². The van der Waals surface area contributed by atoms with Gasteiger partial charge in [-0.2, -0.15) is 0 Å². The van der Waals surface area contributed by atoms with Crippen LogP contribution in [-0.4, -0.2) is 11.2 Å². The van der Waals surface area contributed by atoms with Crippen molar-refractivity contribution in [2.24, 2.45) is 0 Å². The van der Waals surface area contributed by atoms with Crippen LogP contribution in [0.2, 0.25) is 0 Å². The van der Waals surface area contributed by atoms with Gasteiger partial charge in [0, 0.05) is 0 Å². The molecule has 0 N–H and O–H groups in total. The summed E-state index contributed by atoms with van der Waals surface area (Å²) < 4.78 is 6.16. The molecule has 0 unspecified atom stereocenters. The van der Waals surface area contributed by atoms with Gasteiger partial charge in [-0.15, -0.1) is 0 Å². The number of ether oxygens (including phenoxy) is 1. The molecule has 0 amide bonds. The van der Waals surface area contributed by atoms with Gasteiger partial charge in [0.1, 0.15) is 0 Å². The zero-order valence-corrected chi connectivity index (χ0v) is 7.42. The van der Waals surface area contributed by atoms with Gasteiger partial charge < -0.3 is 0 Å². The van der Waals surface area contributed by atoms with Gasteiger partial charge in [0.2, 0.25) is 0 Å². The van der Waals surface area contributed by atoms with Gasteiger partial charge in [0.25, 0.3) is 0 Å². The van der Waals surface area contributed by atoms with Crippen LogP contribution in [0.5, 0.6) is 0 Å². The molecular formula is C7H14CrO. The van der Waals surface area contributed by atoms with Crippen LogP contribution in [0.4, 0.5) is 0 Å². The molecule has 0 radical (unpaired) electrons. The summed E-state index contributed by atoms with van der Waals surface area (Å²) in [5, 5.41) is 0. The molecule has 0 rings (SSSR count). The van der Waals surface area contributed by atoms with Gasteiger partial charge in [-0.1, -0.05) is 0 Å². The van der Waals surface area contributed by atoms with Crippen molar-refractivity contribution in [1.29, 1.82) is 0 Å². The third-order valence-corrected chi connectivity index (χ3v) is 1.24. The number of unbranched alkanes of at least 4 members (excludes halogenated alkanes) is 2. The fourth-order valence-electron chi connectivity index (χ4n) is 0.568. The van der Waals surface area contributed by atoms with E-state index in [0.717, 1.165) is 11.2 Å². The second-order valence-electron chi connectivity index (χ2n) is 2.05. The van der Waals surface area contributed by atoms with Gasteiger partial charge in [0.15, 0.2) is 0 Å².